The van der Waals surface area contributed by atoms with Gasteiger partial charge in [-0.25, -0.2) is 0 Å². The van der Waals surface area contributed by atoms with Gasteiger partial charge in [0, 0.05) is 6.04 Å². The molecule has 1 saturated carbocycles. The zero-order valence-corrected chi connectivity index (χ0v) is 12.1. The van der Waals surface area contributed by atoms with Crippen LogP contribution < -0.4 is 5.32 Å². The van der Waals surface area contributed by atoms with Crippen molar-refractivity contribution in [1.29, 1.82) is 0 Å². The molecule has 0 bridgehead atoms. The van der Waals surface area contributed by atoms with E-state index in [2.05, 4.69) is 50.4 Å². The molecular weight excluding hydrogens is 218 g/mol. The highest BCUT2D eigenvalue weighted by atomic mass is 14.9. The lowest BCUT2D eigenvalue weighted by Crippen LogP contribution is -2.24. The van der Waals surface area contributed by atoms with Gasteiger partial charge in [-0.1, -0.05) is 43.7 Å². The van der Waals surface area contributed by atoms with Crippen LogP contribution in [0.5, 0.6) is 0 Å². The van der Waals surface area contributed by atoms with Gasteiger partial charge in [-0.3, -0.25) is 0 Å². The van der Waals surface area contributed by atoms with Crippen molar-refractivity contribution in [3.63, 3.8) is 0 Å². The van der Waals surface area contributed by atoms with E-state index in [4.69, 9.17) is 0 Å². The molecule has 0 radical (unpaired) electrons. The molecule has 0 amide bonds. The van der Waals surface area contributed by atoms with E-state index < -0.39 is 0 Å². The van der Waals surface area contributed by atoms with Crippen molar-refractivity contribution in [2.24, 2.45) is 5.41 Å². The van der Waals surface area contributed by atoms with Crippen molar-refractivity contribution in [1.82, 2.24) is 5.32 Å². The molecule has 0 aliphatic heterocycles. The molecule has 1 aromatic carbocycles. The van der Waals surface area contributed by atoms with Gasteiger partial charge in [0.25, 0.3) is 0 Å². The molecule has 2 rings (SSSR count). The van der Waals surface area contributed by atoms with Gasteiger partial charge >= 0.3 is 0 Å². The van der Waals surface area contributed by atoms with Crippen LogP contribution in [-0.4, -0.2) is 12.6 Å². The maximum atomic E-state index is 3.62. The fourth-order valence-electron chi connectivity index (χ4n) is 2.26. The highest BCUT2D eigenvalue weighted by molar-refractivity contribution is 5.21. The lowest BCUT2D eigenvalue weighted by atomic mass is 9.83. The Hall–Kier alpha value is -0.820. The summed E-state index contributed by atoms with van der Waals surface area (Å²) in [6.45, 7) is 8.13. The maximum absolute atomic E-state index is 3.62. The third-order valence-corrected chi connectivity index (χ3v) is 4.02. The Labute approximate surface area is 112 Å². The maximum Gasteiger partial charge on any atom is 0.00682 e. The van der Waals surface area contributed by atoms with E-state index in [9.17, 15) is 0 Å². The molecule has 1 aliphatic carbocycles. The van der Waals surface area contributed by atoms with Crippen LogP contribution in [0.15, 0.2) is 24.3 Å². The van der Waals surface area contributed by atoms with Crippen molar-refractivity contribution in [2.75, 3.05) is 6.54 Å². The van der Waals surface area contributed by atoms with Crippen LogP contribution in [0.4, 0.5) is 0 Å². The second-order valence-electron chi connectivity index (χ2n) is 6.63. The minimum absolute atomic E-state index is 0.451. The van der Waals surface area contributed by atoms with Crippen LogP contribution in [0.25, 0.3) is 0 Å². The fraction of sp³-hybridized carbons (Fsp3) is 0.647. The molecule has 0 aromatic heterocycles. The number of benzene rings is 1. The van der Waals surface area contributed by atoms with Crippen LogP contribution in [0, 0.1) is 12.3 Å². The molecule has 1 N–H and O–H groups in total. The van der Waals surface area contributed by atoms with Gasteiger partial charge in [0.2, 0.25) is 0 Å². The standard InChI is InChI=1S/C17H27N/c1-14-4-6-15(7-5-14)10-11-17(2,3)12-13-18-16-8-9-16/h4-7,16,18H,8-13H2,1-3H3. The van der Waals surface area contributed by atoms with Gasteiger partial charge in [0.15, 0.2) is 0 Å². The van der Waals surface area contributed by atoms with Crippen LogP contribution in [0.3, 0.4) is 0 Å². The minimum atomic E-state index is 0.451. The van der Waals surface area contributed by atoms with E-state index in [1.807, 2.05) is 0 Å². The SMILES string of the molecule is Cc1ccc(CCC(C)(C)CCNC2CC2)cc1. The molecule has 100 valence electrons. The van der Waals surface area contributed by atoms with E-state index in [1.165, 1.54) is 49.8 Å². The second kappa shape index (κ2) is 5.88. The summed E-state index contributed by atoms with van der Waals surface area (Å²) in [6.07, 6.45) is 6.56. The monoisotopic (exact) mass is 245 g/mol. The molecule has 0 unspecified atom stereocenters. The summed E-state index contributed by atoms with van der Waals surface area (Å²) in [5.74, 6) is 0. The molecule has 0 spiro atoms. The number of nitrogens with one attached hydrogen (secondary N) is 1. The first-order valence-corrected chi connectivity index (χ1v) is 7.34. The first kappa shape index (κ1) is 13.6. The van der Waals surface area contributed by atoms with E-state index in [1.54, 1.807) is 0 Å². The normalized spacial score (nSPS) is 15.9. The largest absolute Gasteiger partial charge is 0.314 e. The smallest absolute Gasteiger partial charge is 0.00682 e. The number of rotatable bonds is 7. The van der Waals surface area contributed by atoms with E-state index in [0.717, 1.165) is 6.04 Å². The van der Waals surface area contributed by atoms with E-state index in [-0.39, 0.29) is 0 Å². The highest BCUT2D eigenvalue weighted by Crippen LogP contribution is 2.27. The Kier molecular flexibility index (Phi) is 4.45. The Bertz CT molecular complexity index is 360. The number of hydrogen-bond acceptors (Lipinski definition) is 1. The van der Waals surface area contributed by atoms with E-state index in [0.29, 0.717) is 5.41 Å². The predicted octanol–water partition coefficient (Wildman–Crippen LogP) is 4.10. The Morgan fingerprint density at radius 3 is 2.39 bits per heavy atom. The molecule has 1 fully saturated rings. The van der Waals surface area contributed by atoms with Crippen molar-refractivity contribution in [3.05, 3.63) is 35.4 Å². The van der Waals surface area contributed by atoms with Crippen LogP contribution in [-0.2, 0) is 6.42 Å². The molecule has 1 heteroatoms. The summed E-state index contributed by atoms with van der Waals surface area (Å²) < 4.78 is 0. The first-order valence-electron chi connectivity index (χ1n) is 7.34. The molecule has 1 aliphatic rings. The molecular formula is C17H27N. The summed E-state index contributed by atoms with van der Waals surface area (Å²) in [6, 6.07) is 9.83. The summed E-state index contributed by atoms with van der Waals surface area (Å²) in [5.41, 5.74) is 3.28. The van der Waals surface area contributed by atoms with E-state index >= 15 is 0 Å². The average molecular weight is 245 g/mol. The molecule has 1 aromatic rings. The molecule has 1 nitrogen and oxygen atoms in total. The van der Waals surface area contributed by atoms with Crippen molar-refractivity contribution in [2.45, 2.75) is 58.9 Å². The second-order valence-corrected chi connectivity index (χ2v) is 6.63. The van der Waals surface area contributed by atoms with Crippen molar-refractivity contribution in [3.8, 4) is 0 Å². The third kappa shape index (κ3) is 4.81. The molecule has 0 heterocycles. The molecule has 18 heavy (non-hydrogen) atoms. The topological polar surface area (TPSA) is 12.0 Å². The average Bonchev–Trinajstić information content (AvgIpc) is 3.12. The highest BCUT2D eigenvalue weighted by Gasteiger charge is 2.22. The van der Waals surface area contributed by atoms with Gasteiger partial charge in [-0.15, -0.1) is 0 Å². The third-order valence-electron chi connectivity index (χ3n) is 4.02. The van der Waals surface area contributed by atoms with Gasteiger partial charge in [0.05, 0.1) is 0 Å². The number of aryl methyl sites for hydroxylation is 2. The Balaban J connectivity index is 1.70. The fourth-order valence-corrected chi connectivity index (χ4v) is 2.26. The summed E-state index contributed by atoms with van der Waals surface area (Å²) in [7, 11) is 0. The van der Waals surface area contributed by atoms with Crippen LogP contribution >= 0.6 is 0 Å². The van der Waals surface area contributed by atoms with Gasteiger partial charge in [-0.05, 0) is 56.6 Å². The zero-order chi connectivity index (χ0) is 13.0. The van der Waals surface area contributed by atoms with Gasteiger partial charge < -0.3 is 5.32 Å². The molecule has 0 saturated heterocycles. The summed E-state index contributed by atoms with van der Waals surface area (Å²) in [4.78, 5) is 0. The predicted molar refractivity (Wildman–Crippen MR) is 78.9 cm³/mol. The quantitative estimate of drug-likeness (QED) is 0.762. The van der Waals surface area contributed by atoms with Crippen LogP contribution in [0.2, 0.25) is 0 Å². The Morgan fingerprint density at radius 1 is 1.11 bits per heavy atom. The lowest BCUT2D eigenvalue weighted by Gasteiger charge is -2.25. The van der Waals surface area contributed by atoms with Crippen molar-refractivity contribution >= 4 is 0 Å². The van der Waals surface area contributed by atoms with Gasteiger partial charge in [-0.2, -0.15) is 0 Å². The summed E-state index contributed by atoms with van der Waals surface area (Å²) >= 11 is 0. The Morgan fingerprint density at radius 2 is 1.78 bits per heavy atom. The zero-order valence-electron chi connectivity index (χ0n) is 12.1. The summed E-state index contributed by atoms with van der Waals surface area (Å²) in [5, 5.41) is 3.62. The van der Waals surface area contributed by atoms with Crippen LogP contribution in [0.1, 0.15) is 50.7 Å². The number of hydrogen-bond donors (Lipinski definition) is 1. The lowest BCUT2D eigenvalue weighted by molar-refractivity contribution is 0.302. The molecule has 0 atom stereocenters. The van der Waals surface area contributed by atoms with Crippen molar-refractivity contribution < 1.29 is 0 Å². The van der Waals surface area contributed by atoms with Gasteiger partial charge in [0.1, 0.15) is 0 Å². The first-order chi connectivity index (χ1) is 8.55. The minimum Gasteiger partial charge on any atom is -0.314 e.